The van der Waals surface area contributed by atoms with Crippen molar-refractivity contribution < 1.29 is 9.90 Å². The highest BCUT2D eigenvalue weighted by molar-refractivity contribution is 5.91. The van der Waals surface area contributed by atoms with Crippen molar-refractivity contribution in [1.82, 2.24) is 10.2 Å². The number of nitrogens with zero attached hydrogens (tertiary/aromatic N) is 1. The molecule has 2 aliphatic rings. The molecule has 4 nitrogen and oxygen atoms in total. The number of aliphatic hydroxyl groups is 1. The van der Waals surface area contributed by atoms with Crippen LogP contribution in [0.3, 0.4) is 0 Å². The highest BCUT2D eigenvalue weighted by Crippen LogP contribution is 2.45. The Morgan fingerprint density at radius 1 is 0.969 bits per heavy atom. The Labute approximate surface area is 190 Å². The van der Waals surface area contributed by atoms with E-state index in [1.807, 2.05) is 18.2 Å². The molecule has 1 saturated carbocycles. The van der Waals surface area contributed by atoms with E-state index < -0.39 is 5.60 Å². The third-order valence-electron chi connectivity index (χ3n) is 7.28. The Morgan fingerprint density at radius 2 is 1.75 bits per heavy atom. The zero-order valence-corrected chi connectivity index (χ0v) is 18.6. The van der Waals surface area contributed by atoms with Crippen LogP contribution in [0.15, 0.2) is 66.7 Å². The summed E-state index contributed by atoms with van der Waals surface area (Å²) >= 11 is 0. The average Bonchev–Trinajstić information content (AvgIpc) is 2.87. The van der Waals surface area contributed by atoms with E-state index in [0.29, 0.717) is 6.54 Å². The minimum atomic E-state index is -1.31. The molecule has 0 radical (unpaired) electrons. The van der Waals surface area contributed by atoms with Gasteiger partial charge < -0.3 is 10.4 Å². The number of hydrogen-bond donors (Lipinski definition) is 2. The first kappa shape index (κ1) is 21.3. The van der Waals surface area contributed by atoms with Crippen LogP contribution in [0.1, 0.15) is 42.4 Å². The molecule has 0 aromatic heterocycles. The predicted molar refractivity (Wildman–Crippen MR) is 128 cm³/mol. The van der Waals surface area contributed by atoms with Crippen molar-refractivity contribution >= 4 is 16.6 Å². The van der Waals surface area contributed by atoms with Crippen LogP contribution < -0.4 is 5.32 Å². The lowest BCUT2D eigenvalue weighted by Crippen LogP contribution is -2.48. The summed E-state index contributed by atoms with van der Waals surface area (Å²) < 4.78 is 0. The van der Waals surface area contributed by atoms with Gasteiger partial charge in [-0.25, -0.2) is 0 Å². The Bertz CT molecular complexity index is 1110. The fourth-order valence-corrected chi connectivity index (χ4v) is 5.24. The molecule has 3 aromatic rings. The number of hydrogen-bond acceptors (Lipinski definition) is 4. The standard InChI is InChI=1S/C28H32N2O2/c31-27-20-30(19-24-9-3-4-12-26(24)28(27,32)25-10-5-11-25)16-6-15-29-18-21-13-14-22-7-1-2-8-23(22)17-21/h1-4,7-9,12-14,17,25,29,32H,5-6,10-11,15-16,18-20H2. The molecule has 0 bridgehead atoms. The van der Waals surface area contributed by atoms with Gasteiger partial charge in [-0.3, -0.25) is 9.69 Å². The van der Waals surface area contributed by atoms with E-state index in [1.54, 1.807) is 0 Å². The van der Waals surface area contributed by atoms with E-state index in [2.05, 4.69) is 58.7 Å². The van der Waals surface area contributed by atoms with Crippen molar-refractivity contribution in [2.24, 2.45) is 5.92 Å². The molecule has 166 valence electrons. The number of rotatable bonds is 7. The summed E-state index contributed by atoms with van der Waals surface area (Å²) in [7, 11) is 0. The second-order valence-corrected chi connectivity index (χ2v) is 9.40. The first-order chi connectivity index (χ1) is 15.6. The van der Waals surface area contributed by atoms with Crippen molar-refractivity contribution in [3.05, 3.63) is 83.4 Å². The monoisotopic (exact) mass is 428 g/mol. The summed E-state index contributed by atoms with van der Waals surface area (Å²) in [5.41, 5.74) is 1.91. The number of carbonyl (C=O) groups is 1. The van der Waals surface area contributed by atoms with Gasteiger partial charge in [-0.05, 0) is 65.3 Å². The van der Waals surface area contributed by atoms with Gasteiger partial charge >= 0.3 is 0 Å². The third-order valence-corrected chi connectivity index (χ3v) is 7.28. The largest absolute Gasteiger partial charge is 0.377 e. The van der Waals surface area contributed by atoms with Gasteiger partial charge in [-0.2, -0.15) is 0 Å². The van der Waals surface area contributed by atoms with Crippen LogP contribution in [0.25, 0.3) is 10.8 Å². The maximum Gasteiger partial charge on any atom is 0.183 e. The van der Waals surface area contributed by atoms with E-state index in [0.717, 1.165) is 63.0 Å². The summed E-state index contributed by atoms with van der Waals surface area (Å²) in [6.45, 7) is 3.62. The maximum absolute atomic E-state index is 13.2. The number of benzene rings is 3. The van der Waals surface area contributed by atoms with Crippen molar-refractivity contribution in [3.8, 4) is 0 Å². The van der Waals surface area contributed by atoms with Crippen LogP contribution in [0.2, 0.25) is 0 Å². The second-order valence-electron chi connectivity index (χ2n) is 9.40. The topological polar surface area (TPSA) is 52.6 Å². The minimum absolute atomic E-state index is 0.0312. The molecule has 1 unspecified atom stereocenters. The zero-order valence-electron chi connectivity index (χ0n) is 18.6. The van der Waals surface area contributed by atoms with E-state index in [9.17, 15) is 9.90 Å². The average molecular weight is 429 g/mol. The maximum atomic E-state index is 13.2. The molecule has 1 fully saturated rings. The second kappa shape index (κ2) is 9.14. The number of fused-ring (bicyclic) bond motifs is 2. The summed E-state index contributed by atoms with van der Waals surface area (Å²) in [6.07, 6.45) is 3.95. The molecule has 5 rings (SSSR count). The molecule has 2 N–H and O–H groups in total. The van der Waals surface area contributed by atoms with Crippen LogP contribution >= 0.6 is 0 Å². The summed E-state index contributed by atoms with van der Waals surface area (Å²) in [4.78, 5) is 15.4. The fourth-order valence-electron chi connectivity index (χ4n) is 5.24. The lowest BCUT2D eigenvalue weighted by Gasteiger charge is -2.40. The van der Waals surface area contributed by atoms with Crippen LogP contribution in [0.4, 0.5) is 0 Å². The molecule has 0 saturated heterocycles. The van der Waals surface area contributed by atoms with Crippen LogP contribution in [-0.4, -0.2) is 35.4 Å². The smallest absolute Gasteiger partial charge is 0.183 e. The first-order valence-electron chi connectivity index (χ1n) is 11.9. The zero-order chi connectivity index (χ0) is 22.0. The van der Waals surface area contributed by atoms with Gasteiger partial charge in [0.2, 0.25) is 0 Å². The summed E-state index contributed by atoms with van der Waals surface area (Å²) in [5.74, 6) is 0.0380. The fraction of sp³-hybridized carbons (Fsp3) is 0.393. The summed E-state index contributed by atoms with van der Waals surface area (Å²) in [5, 5.41) is 17.6. The number of ketones is 1. The minimum Gasteiger partial charge on any atom is -0.377 e. The van der Waals surface area contributed by atoms with Gasteiger partial charge in [0.1, 0.15) is 0 Å². The molecule has 1 heterocycles. The van der Waals surface area contributed by atoms with E-state index in [-0.39, 0.29) is 11.7 Å². The lowest BCUT2D eigenvalue weighted by atomic mass is 9.67. The van der Waals surface area contributed by atoms with Gasteiger partial charge in [-0.15, -0.1) is 0 Å². The normalized spacial score (nSPS) is 21.8. The van der Waals surface area contributed by atoms with Gasteiger partial charge in [0, 0.05) is 19.6 Å². The molecule has 1 aliphatic heterocycles. The van der Waals surface area contributed by atoms with Crippen molar-refractivity contribution in [2.75, 3.05) is 19.6 Å². The Hall–Kier alpha value is -2.53. The number of Topliss-reactive ketones (excluding diaryl/α,β-unsaturated/α-hetero) is 1. The molecule has 1 atom stereocenters. The molecular weight excluding hydrogens is 396 g/mol. The lowest BCUT2D eigenvalue weighted by molar-refractivity contribution is -0.149. The molecule has 0 amide bonds. The van der Waals surface area contributed by atoms with Crippen LogP contribution in [0.5, 0.6) is 0 Å². The number of nitrogens with one attached hydrogen (secondary N) is 1. The van der Waals surface area contributed by atoms with E-state index in [4.69, 9.17) is 0 Å². The van der Waals surface area contributed by atoms with Crippen molar-refractivity contribution in [1.29, 1.82) is 0 Å². The van der Waals surface area contributed by atoms with Gasteiger partial charge in [0.15, 0.2) is 11.4 Å². The molecule has 0 spiro atoms. The highest BCUT2D eigenvalue weighted by atomic mass is 16.3. The van der Waals surface area contributed by atoms with Gasteiger partial charge in [0.05, 0.1) is 6.54 Å². The van der Waals surface area contributed by atoms with E-state index in [1.165, 1.54) is 16.3 Å². The van der Waals surface area contributed by atoms with Gasteiger partial charge in [0.25, 0.3) is 0 Å². The molecule has 1 aliphatic carbocycles. The van der Waals surface area contributed by atoms with Crippen molar-refractivity contribution in [3.63, 3.8) is 0 Å². The molecule has 32 heavy (non-hydrogen) atoms. The molecular formula is C28H32N2O2. The van der Waals surface area contributed by atoms with Crippen LogP contribution in [-0.2, 0) is 23.5 Å². The Morgan fingerprint density at radius 3 is 2.56 bits per heavy atom. The summed E-state index contributed by atoms with van der Waals surface area (Å²) in [6, 6.07) is 23.0. The molecule has 4 heteroatoms. The van der Waals surface area contributed by atoms with E-state index >= 15 is 0 Å². The van der Waals surface area contributed by atoms with Crippen LogP contribution in [0, 0.1) is 5.92 Å². The number of carbonyl (C=O) groups excluding carboxylic acids is 1. The van der Waals surface area contributed by atoms with Crippen molar-refractivity contribution in [2.45, 2.75) is 44.4 Å². The van der Waals surface area contributed by atoms with Gasteiger partial charge in [-0.1, -0.05) is 67.1 Å². The SMILES string of the molecule is O=C1CN(CCCNCc2ccc3ccccc3c2)Cc2ccccc2C1(O)C1CCC1. The first-order valence-corrected chi connectivity index (χ1v) is 11.9. The Kier molecular flexibility index (Phi) is 6.09. The quantitative estimate of drug-likeness (QED) is 0.548. The predicted octanol–water partition coefficient (Wildman–Crippen LogP) is 4.39. The third kappa shape index (κ3) is 4.11. The molecule has 3 aromatic carbocycles. The highest BCUT2D eigenvalue weighted by Gasteiger charge is 2.49. The Balaban J connectivity index is 1.18.